The third-order valence-corrected chi connectivity index (χ3v) is 4.46. The molecule has 0 radical (unpaired) electrons. The van der Waals surface area contributed by atoms with Crippen LogP contribution < -0.4 is 0 Å². The molecule has 1 atom stereocenters. The SMILES string of the molecule is O=CC(c1ccccc1)N1CCC(c2ccccc2)CC1. The highest BCUT2D eigenvalue weighted by Crippen LogP contribution is 2.31. The van der Waals surface area contributed by atoms with Crippen molar-refractivity contribution in [2.45, 2.75) is 24.8 Å². The minimum Gasteiger partial charge on any atom is -0.301 e. The van der Waals surface area contributed by atoms with Gasteiger partial charge >= 0.3 is 0 Å². The summed E-state index contributed by atoms with van der Waals surface area (Å²) in [5, 5.41) is 0. The number of nitrogens with zero attached hydrogens (tertiary/aromatic N) is 1. The fourth-order valence-corrected chi connectivity index (χ4v) is 3.26. The zero-order valence-electron chi connectivity index (χ0n) is 12.2. The molecule has 0 spiro atoms. The highest BCUT2D eigenvalue weighted by Gasteiger charge is 2.26. The second-order valence-corrected chi connectivity index (χ2v) is 5.71. The van der Waals surface area contributed by atoms with E-state index in [1.165, 1.54) is 5.56 Å². The number of carbonyl (C=O) groups excluding carboxylic acids is 1. The second-order valence-electron chi connectivity index (χ2n) is 5.71. The van der Waals surface area contributed by atoms with E-state index in [1.54, 1.807) is 0 Å². The van der Waals surface area contributed by atoms with E-state index in [0.29, 0.717) is 5.92 Å². The van der Waals surface area contributed by atoms with Gasteiger partial charge in [-0.05, 0) is 43.0 Å². The van der Waals surface area contributed by atoms with Crippen molar-refractivity contribution < 1.29 is 4.79 Å². The van der Waals surface area contributed by atoms with Gasteiger partial charge in [-0.1, -0.05) is 60.7 Å². The molecule has 2 heteroatoms. The highest BCUT2D eigenvalue weighted by atomic mass is 16.1. The number of hydrogen-bond donors (Lipinski definition) is 0. The average molecular weight is 279 g/mol. The number of rotatable bonds is 4. The molecule has 0 aromatic heterocycles. The van der Waals surface area contributed by atoms with Gasteiger partial charge in [-0.15, -0.1) is 0 Å². The number of hydrogen-bond acceptors (Lipinski definition) is 2. The smallest absolute Gasteiger partial charge is 0.141 e. The van der Waals surface area contributed by atoms with Gasteiger partial charge in [0.25, 0.3) is 0 Å². The van der Waals surface area contributed by atoms with Crippen molar-refractivity contribution in [1.29, 1.82) is 0 Å². The van der Waals surface area contributed by atoms with Gasteiger partial charge < -0.3 is 4.79 Å². The van der Waals surface area contributed by atoms with E-state index in [0.717, 1.165) is 37.8 Å². The van der Waals surface area contributed by atoms with Crippen LogP contribution >= 0.6 is 0 Å². The number of benzene rings is 2. The Labute approximate surface area is 126 Å². The monoisotopic (exact) mass is 279 g/mol. The molecule has 2 aromatic rings. The van der Waals surface area contributed by atoms with Gasteiger partial charge in [-0.2, -0.15) is 0 Å². The lowest BCUT2D eigenvalue weighted by Crippen LogP contribution is -2.36. The third kappa shape index (κ3) is 3.22. The Balaban J connectivity index is 1.66. The van der Waals surface area contributed by atoms with Gasteiger partial charge in [0.15, 0.2) is 0 Å². The zero-order chi connectivity index (χ0) is 14.5. The lowest BCUT2D eigenvalue weighted by atomic mass is 9.88. The fourth-order valence-electron chi connectivity index (χ4n) is 3.26. The maximum atomic E-state index is 11.5. The molecule has 0 saturated carbocycles. The summed E-state index contributed by atoms with van der Waals surface area (Å²) in [6, 6.07) is 20.7. The van der Waals surface area contributed by atoms with E-state index < -0.39 is 0 Å². The topological polar surface area (TPSA) is 20.3 Å². The molecular formula is C19H21NO. The molecule has 21 heavy (non-hydrogen) atoms. The van der Waals surface area contributed by atoms with E-state index in [9.17, 15) is 4.79 Å². The molecule has 1 saturated heterocycles. The molecule has 2 nitrogen and oxygen atoms in total. The molecule has 0 amide bonds. The van der Waals surface area contributed by atoms with Crippen LogP contribution in [0, 0.1) is 0 Å². The van der Waals surface area contributed by atoms with Crippen LogP contribution in [-0.2, 0) is 4.79 Å². The predicted octanol–water partition coefficient (Wildman–Crippen LogP) is 3.81. The summed E-state index contributed by atoms with van der Waals surface area (Å²) in [6.07, 6.45) is 3.33. The third-order valence-electron chi connectivity index (χ3n) is 4.46. The molecule has 1 aliphatic rings. The molecule has 3 rings (SSSR count). The minimum absolute atomic E-state index is 0.0945. The Kier molecular flexibility index (Phi) is 4.46. The molecule has 108 valence electrons. The van der Waals surface area contributed by atoms with Gasteiger partial charge in [0, 0.05) is 0 Å². The van der Waals surface area contributed by atoms with E-state index in [1.807, 2.05) is 30.3 Å². The first kappa shape index (κ1) is 14.0. The van der Waals surface area contributed by atoms with E-state index in [2.05, 4.69) is 35.2 Å². The van der Waals surface area contributed by atoms with Crippen LogP contribution in [0.4, 0.5) is 0 Å². The summed E-state index contributed by atoms with van der Waals surface area (Å²) in [5.41, 5.74) is 2.53. The fraction of sp³-hybridized carbons (Fsp3) is 0.316. The van der Waals surface area contributed by atoms with Crippen LogP contribution in [-0.4, -0.2) is 24.3 Å². The van der Waals surface area contributed by atoms with Crippen LogP contribution in [0.25, 0.3) is 0 Å². The van der Waals surface area contributed by atoms with Crippen molar-refractivity contribution >= 4 is 6.29 Å². The normalized spacial score (nSPS) is 18.3. The first-order valence-electron chi connectivity index (χ1n) is 7.67. The van der Waals surface area contributed by atoms with Crippen molar-refractivity contribution in [2.75, 3.05) is 13.1 Å². The summed E-state index contributed by atoms with van der Waals surface area (Å²) < 4.78 is 0. The van der Waals surface area contributed by atoms with Crippen molar-refractivity contribution in [3.8, 4) is 0 Å². The summed E-state index contributed by atoms with van der Waals surface area (Å²) in [5.74, 6) is 0.630. The van der Waals surface area contributed by atoms with Crippen LogP contribution in [0.1, 0.15) is 35.9 Å². The quantitative estimate of drug-likeness (QED) is 0.793. The Morgan fingerprint density at radius 2 is 1.48 bits per heavy atom. The molecule has 2 aromatic carbocycles. The summed E-state index contributed by atoms with van der Waals surface area (Å²) >= 11 is 0. The van der Waals surface area contributed by atoms with E-state index >= 15 is 0 Å². The lowest BCUT2D eigenvalue weighted by Gasteiger charge is -2.35. The van der Waals surface area contributed by atoms with Crippen LogP contribution in [0.15, 0.2) is 60.7 Å². The highest BCUT2D eigenvalue weighted by molar-refractivity contribution is 5.61. The van der Waals surface area contributed by atoms with Crippen molar-refractivity contribution in [1.82, 2.24) is 4.90 Å². The number of aldehydes is 1. The maximum absolute atomic E-state index is 11.5. The average Bonchev–Trinajstić information content (AvgIpc) is 2.58. The number of carbonyl (C=O) groups is 1. The predicted molar refractivity (Wildman–Crippen MR) is 85.2 cm³/mol. The molecule has 1 heterocycles. The molecule has 0 aliphatic carbocycles. The minimum atomic E-state index is -0.0945. The molecule has 1 aliphatic heterocycles. The number of likely N-dealkylation sites (tertiary alicyclic amines) is 1. The Morgan fingerprint density at radius 3 is 2.05 bits per heavy atom. The first-order valence-corrected chi connectivity index (χ1v) is 7.67. The second kappa shape index (κ2) is 6.68. The summed E-state index contributed by atoms with van der Waals surface area (Å²) in [4.78, 5) is 13.8. The van der Waals surface area contributed by atoms with Gasteiger partial charge in [0.1, 0.15) is 6.29 Å². The molecular weight excluding hydrogens is 258 g/mol. The largest absolute Gasteiger partial charge is 0.301 e. The number of piperidine rings is 1. The van der Waals surface area contributed by atoms with Crippen molar-refractivity contribution in [2.24, 2.45) is 0 Å². The van der Waals surface area contributed by atoms with Crippen molar-refractivity contribution in [3.05, 3.63) is 71.8 Å². The van der Waals surface area contributed by atoms with Crippen LogP contribution in [0.2, 0.25) is 0 Å². The lowest BCUT2D eigenvalue weighted by molar-refractivity contribution is -0.113. The Bertz CT molecular complexity index is 559. The van der Waals surface area contributed by atoms with Gasteiger partial charge in [-0.3, -0.25) is 4.90 Å². The molecule has 0 bridgehead atoms. The van der Waals surface area contributed by atoms with Gasteiger partial charge in [0.2, 0.25) is 0 Å². The summed E-state index contributed by atoms with van der Waals surface area (Å²) in [7, 11) is 0. The van der Waals surface area contributed by atoms with Crippen molar-refractivity contribution in [3.63, 3.8) is 0 Å². The first-order chi connectivity index (χ1) is 10.4. The van der Waals surface area contributed by atoms with Crippen LogP contribution in [0.5, 0.6) is 0 Å². The summed E-state index contributed by atoms with van der Waals surface area (Å²) in [6.45, 7) is 1.97. The van der Waals surface area contributed by atoms with Gasteiger partial charge in [-0.25, -0.2) is 0 Å². The Hall–Kier alpha value is -1.93. The molecule has 1 fully saturated rings. The standard InChI is InChI=1S/C19H21NO/c21-15-19(18-9-5-2-6-10-18)20-13-11-17(12-14-20)16-7-3-1-4-8-16/h1-10,15,17,19H,11-14H2. The van der Waals surface area contributed by atoms with E-state index in [-0.39, 0.29) is 6.04 Å². The molecule has 1 unspecified atom stereocenters. The molecule has 0 N–H and O–H groups in total. The van der Waals surface area contributed by atoms with E-state index in [4.69, 9.17) is 0 Å². The van der Waals surface area contributed by atoms with Gasteiger partial charge in [0.05, 0.1) is 6.04 Å². The zero-order valence-corrected chi connectivity index (χ0v) is 12.2. The van der Waals surface area contributed by atoms with Crippen LogP contribution in [0.3, 0.4) is 0 Å². The maximum Gasteiger partial charge on any atom is 0.141 e. The Morgan fingerprint density at radius 1 is 0.905 bits per heavy atom.